The highest BCUT2D eigenvalue weighted by atomic mass is 16.3. The first kappa shape index (κ1) is 13.4. The Balaban J connectivity index is 2.15. The van der Waals surface area contributed by atoms with E-state index >= 15 is 0 Å². The smallest absolute Gasteiger partial charge is 0.0792 e. The molecule has 2 atom stereocenters. The number of hydrogen-bond acceptors (Lipinski definition) is 2. The molecule has 18 heavy (non-hydrogen) atoms. The van der Waals surface area contributed by atoms with Crippen molar-refractivity contribution >= 4 is 5.69 Å². The van der Waals surface area contributed by atoms with Gasteiger partial charge in [0.1, 0.15) is 0 Å². The second-order valence-corrected chi connectivity index (χ2v) is 5.68. The van der Waals surface area contributed by atoms with E-state index in [0.717, 1.165) is 31.4 Å². The number of aliphatic hydroxyl groups excluding tert-OH is 1. The molecule has 1 aliphatic heterocycles. The lowest BCUT2D eigenvalue weighted by atomic mass is 9.93. The highest BCUT2D eigenvalue weighted by molar-refractivity contribution is 5.56. The number of fused-ring (bicyclic) bond motifs is 1. The van der Waals surface area contributed by atoms with Gasteiger partial charge in [-0.2, -0.15) is 0 Å². The standard InChI is InChI=1S/C16H25NO/c1-4-12(2)10-16(18)14-7-8-15-13(11-14)6-5-9-17(15)3/h7-8,11-12,16,18H,4-6,9-10H2,1-3H3. The second-order valence-electron chi connectivity index (χ2n) is 5.68. The summed E-state index contributed by atoms with van der Waals surface area (Å²) in [4.78, 5) is 2.31. The Hall–Kier alpha value is -1.02. The minimum absolute atomic E-state index is 0.308. The Morgan fingerprint density at radius 3 is 2.89 bits per heavy atom. The van der Waals surface area contributed by atoms with E-state index in [9.17, 15) is 5.11 Å². The van der Waals surface area contributed by atoms with Crippen LogP contribution >= 0.6 is 0 Å². The van der Waals surface area contributed by atoms with E-state index in [2.05, 4.69) is 44.0 Å². The minimum Gasteiger partial charge on any atom is -0.388 e. The zero-order valence-corrected chi connectivity index (χ0v) is 11.8. The van der Waals surface area contributed by atoms with Crippen molar-refractivity contribution in [2.24, 2.45) is 5.92 Å². The van der Waals surface area contributed by atoms with Gasteiger partial charge in [0, 0.05) is 19.3 Å². The molecule has 1 N–H and O–H groups in total. The van der Waals surface area contributed by atoms with Crippen LogP contribution in [0.4, 0.5) is 5.69 Å². The Morgan fingerprint density at radius 2 is 2.17 bits per heavy atom. The summed E-state index contributed by atoms with van der Waals surface area (Å²) in [5, 5.41) is 10.3. The van der Waals surface area contributed by atoms with E-state index in [0.29, 0.717) is 5.92 Å². The summed E-state index contributed by atoms with van der Waals surface area (Å²) in [5.74, 6) is 0.582. The van der Waals surface area contributed by atoms with Crippen LogP contribution in [0.25, 0.3) is 0 Å². The first-order chi connectivity index (χ1) is 8.61. The van der Waals surface area contributed by atoms with E-state index in [1.165, 1.54) is 17.7 Å². The van der Waals surface area contributed by atoms with Gasteiger partial charge < -0.3 is 10.0 Å². The maximum absolute atomic E-state index is 10.3. The van der Waals surface area contributed by atoms with Crippen molar-refractivity contribution in [2.75, 3.05) is 18.5 Å². The van der Waals surface area contributed by atoms with Gasteiger partial charge in [-0.3, -0.25) is 0 Å². The fourth-order valence-electron chi connectivity index (χ4n) is 2.70. The predicted octanol–water partition coefficient (Wildman–Crippen LogP) is 3.54. The summed E-state index contributed by atoms with van der Waals surface area (Å²) in [6, 6.07) is 6.47. The molecule has 0 radical (unpaired) electrons. The van der Waals surface area contributed by atoms with Gasteiger partial charge in [0.05, 0.1) is 6.10 Å². The number of benzene rings is 1. The number of aryl methyl sites for hydroxylation is 1. The van der Waals surface area contributed by atoms with Gasteiger partial charge in [0.15, 0.2) is 0 Å². The largest absolute Gasteiger partial charge is 0.388 e. The van der Waals surface area contributed by atoms with Crippen LogP contribution in [-0.4, -0.2) is 18.7 Å². The average Bonchev–Trinajstić information content (AvgIpc) is 2.38. The molecule has 2 heteroatoms. The van der Waals surface area contributed by atoms with Crippen molar-refractivity contribution in [3.05, 3.63) is 29.3 Å². The van der Waals surface area contributed by atoms with Crippen LogP contribution in [0.3, 0.4) is 0 Å². The molecular weight excluding hydrogens is 222 g/mol. The van der Waals surface area contributed by atoms with Gasteiger partial charge >= 0.3 is 0 Å². The summed E-state index contributed by atoms with van der Waals surface area (Å²) in [6.07, 6.45) is 4.05. The van der Waals surface area contributed by atoms with Crippen LogP contribution in [-0.2, 0) is 6.42 Å². The fraction of sp³-hybridized carbons (Fsp3) is 0.625. The lowest BCUT2D eigenvalue weighted by Gasteiger charge is -2.28. The quantitative estimate of drug-likeness (QED) is 0.879. The first-order valence-electron chi connectivity index (χ1n) is 7.13. The van der Waals surface area contributed by atoms with Crippen LogP contribution in [0.5, 0.6) is 0 Å². The molecule has 0 spiro atoms. The number of hydrogen-bond donors (Lipinski definition) is 1. The molecule has 0 saturated heterocycles. The predicted molar refractivity (Wildman–Crippen MR) is 77.1 cm³/mol. The molecule has 1 aromatic carbocycles. The number of aliphatic hydroxyl groups is 1. The van der Waals surface area contributed by atoms with Crippen LogP contribution < -0.4 is 4.90 Å². The third-order valence-electron chi connectivity index (χ3n) is 4.16. The summed E-state index contributed by atoms with van der Waals surface area (Å²) < 4.78 is 0. The number of rotatable bonds is 4. The zero-order chi connectivity index (χ0) is 13.1. The van der Waals surface area contributed by atoms with E-state index in [4.69, 9.17) is 0 Å². The molecule has 2 nitrogen and oxygen atoms in total. The summed E-state index contributed by atoms with van der Waals surface area (Å²) >= 11 is 0. The summed E-state index contributed by atoms with van der Waals surface area (Å²) in [5.41, 5.74) is 3.81. The van der Waals surface area contributed by atoms with Gasteiger partial charge in [0.25, 0.3) is 0 Å². The second kappa shape index (κ2) is 5.75. The Labute approximate surface area is 111 Å². The van der Waals surface area contributed by atoms with Gasteiger partial charge in [-0.05, 0) is 42.4 Å². The average molecular weight is 247 g/mol. The Kier molecular flexibility index (Phi) is 4.28. The maximum Gasteiger partial charge on any atom is 0.0792 e. The lowest BCUT2D eigenvalue weighted by molar-refractivity contribution is 0.146. The normalized spacial score (nSPS) is 18.3. The summed E-state index contributed by atoms with van der Waals surface area (Å²) in [7, 11) is 2.15. The van der Waals surface area contributed by atoms with Crippen molar-refractivity contribution in [2.45, 2.75) is 45.6 Å². The molecule has 0 saturated carbocycles. The van der Waals surface area contributed by atoms with Crippen molar-refractivity contribution < 1.29 is 5.11 Å². The van der Waals surface area contributed by atoms with Crippen LogP contribution in [0, 0.1) is 5.92 Å². The third kappa shape index (κ3) is 2.86. The highest BCUT2D eigenvalue weighted by Gasteiger charge is 2.17. The molecule has 0 fully saturated rings. The van der Waals surface area contributed by atoms with E-state index < -0.39 is 0 Å². The van der Waals surface area contributed by atoms with Crippen LogP contribution in [0.2, 0.25) is 0 Å². The topological polar surface area (TPSA) is 23.5 Å². The van der Waals surface area contributed by atoms with E-state index in [1.54, 1.807) is 0 Å². The van der Waals surface area contributed by atoms with Gasteiger partial charge in [-0.15, -0.1) is 0 Å². The Morgan fingerprint density at radius 1 is 1.39 bits per heavy atom. The molecule has 1 heterocycles. The van der Waals surface area contributed by atoms with Crippen LogP contribution in [0.1, 0.15) is 50.3 Å². The number of anilines is 1. The molecule has 0 amide bonds. The molecule has 0 aromatic heterocycles. The molecule has 0 aliphatic carbocycles. The third-order valence-corrected chi connectivity index (χ3v) is 4.16. The molecule has 2 unspecified atom stereocenters. The number of nitrogens with zero attached hydrogens (tertiary/aromatic N) is 1. The van der Waals surface area contributed by atoms with Crippen molar-refractivity contribution in [3.63, 3.8) is 0 Å². The molecule has 0 bridgehead atoms. The minimum atomic E-state index is -0.308. The van der Waals surface area contributed by atoms with Crippen molar-refractivity contribution in [3.8, 4) is 0 Å². The molecule has 1 aromatic rings. The molecule has 100 valence electrons. The lowest BCUT2D eigenvalue weighted by Crippen LogP contribution is -2.24. The van der Waals surface area contributed by atoms with Gasteiger partial charge in [0.2, 0.25) is 0 Å². The molecule has 1 aliphatic rings. The van der Waals surface area contributed by atoms with Gasteiger partial charge in [-0.1, -0.05) is 32.4 Å². The van der Waals surface area contributed by atoms with Gasteiger partial charge in [-0.25, -0.2) is 0 Å². The fourth-order valence-corrected chi connectivity index (χ4v) is 2.70. The Bertz CT molecular complexity index is 402. The highest BCUT2D eigenvalue weighted by Crippen LogP contribution is 2.30. The molecular formula is C16H25NO. The summed E-state index contributed by atoms with van der Waals surface area (Å²) in [6.45, 7) is 5.52. The van der Waals surface area contributed by atoms with Crippen molar-refractivity contribution in [1.82, 2.24) is 0 Å². The monoisotopic (exact) mass is 247 g/mol. The van der Waals surface area contributed by atoms with E-state index in [1.807, 2.05) is 0 Å². The SMILES string of the molecule is CCC(C)CC(O)c1ccc2c(c1)CCCN2C. The van der Waals surface area contributed by atoms with E-state index in [-0.39, 0.29) is 6.10 Å². The first-order valence-corrected chi connectivity index (χ1v) is 7.13. The molecule has 2 rings (SSSR count). The maximum atomic E-state index is 10.3. The zero-order valence-electron chi connectivity index (χ0n) is 11.8. The van der Waals surface area contributed by atoms with Crippen LogP contribution in [0.15, 0.2) is 18.2 Å². The van der Waals surface area contributed by atoms with Crippen molar-refractivity contribution in [1.29, 1.82) is 0 Å².